The number of benzene rings is 1. The summed E-state index contributed by atoms with van der Waals surface area (Å²) in [6.45, 7) is 3.10. The van der Waals surface area contributed by atoms with Gasteiger partial charge in [-0.15, -0.1) is 0 Å². The van der Waals surface area contributed by atoms with Gasteiger partial charge >= 0.3 is 0 Å². The summed E-state index contributed by atoms with van der Waals surface area (Å²) in [5.74, 6) is 0.281. The van der Waals surface area contributed by atoms with Gasteiger partial charge in [-0.25, -0.2) is 0 Å². The van der Waals surface area contributed by atoms with Crippen LogP contribution in [0.25, 0.3) is 0 Å². The van der Waals surface area contributed by atoms with Gasteiger partial charge in [-0.05, 0) is 23.6 Å². The molecule has 1 aromatic carbocycles. The molecule has 4 heteroatoms. The van der Waals surface area contributed by atoms with Crippen LogP contribution in [-0.4, -0.2) is 19.0 Å². The van der Waals surface area contributed by atoms with Gasteiger partial charge in [0.2, 0.25) is 5.91 Å². The molecular weight excluding hydrogens is 292 g/mol. The molecule has 0 aromatic heterocycles. The van der Waals surface area contributed by atoms with Gasteiger partial charge < -0.3 is 11.1 Å². The topological polar surface area (TPSA) is 55.1 Å². The average Bonchev–Trinajstić information content (AvgIpc) is 2.35. The van der Waals surface area contributed by atoms with Crippen molar-refractivity contribution in [3.05, 3.63) is 46.5 Å². The zero-order valence-electron chi connectivity index (χ0n) is 10.5. The van der Waals surface area contributed by atoms with E-state index >= 15 is 0 Å². The zero-order valence-corrected chi connectivity index (χ0v) is 12.1. The maximum atomic E-state index is 11.7. The van der Waals surface area contributed by atoms with Crippen molar-refractivity contribution < 1.29 is 4.79 Å². The van der Waals surface area contributed by atoms with Gasteiger partial charge in [-0.1, -0.05) is 47.1 Å². The number of carbonyl (C=O) groups excluding carboxylic acids is 1. The van der Waals surface area contributed by atoms with E-state index in [1.807, 2.05) is 36.4 Å². The Hall–Kier alpha value is -1.13. The molecule has 1 unspecified atom stereocenters. The Bertz CT molecular complexity index is 401. The Morgan fingerprint density at radius 3 is 2.67 bits per heavy atom. The minimum atomic E-state index is 0.0621. The summed E-state index contributed by atoms with van der Waals surface area (Å²) >= 11 is 3.40. The van der Waals surface area contributed by atoms with Crippen LogP contribution in [0.1, 0.15) is 24.8 Å². The van der Waals surface area contributed by atoms with Crippen LogP contribution in [-0.2, 0) is 4.79 Å². The number of nitrogens with two attached hydrogens (primary N) is 1. The Labute approximate surface area is 117 Å². The Kier molecular flexibility index (Phi) is 6.68. The maximum Gasteiger partial charge on any atom is 0.220 e. The van der Waals surface area contributed by atoms with E-state index in [4.69, 9.17) is 5.73 Å². The summed E-state index contributed by atoms with van der Waals surface area (Å²) in [7, 11) is 0. The fourth-order valence-corrected chi connectivity index (χ4v) is 1.88. The van der Waals surface area contributed by atoms with E-state index in [1.165, 1.54) is 5.56 Å². The maximum absolute atomic E-state index is 11.7. The highest BCUT2D eigenvalue weighted by atomic mass is 79.9. The number of amides is 1. The first-order chi connectivity index (χ1) is 8.63. The van der Waals surface area contributed by atoms with Gasteiger partial charge in [-0.2, -0.15) is 0 Å². The predicted octanol–water partition coefficient (Wildman–Crippen LogP) is 2.57. The quantitative estimate of drug-likeness (QED) is 0.793. The first kappa shape index (κ1) is 14.9. The van der Waals surface area contributed by atoms with Crippen LogP contribution in [0.2, 0.25) is 0 Å². The lowest BCUT2D eigenvalue weighted by atomic mass is 9.98. The van der Waals surface area contributed by atoms with Crippen LogP contribution < -0.4 is 11.1 Å². The third-order valence-corrected chi connectivity index (χ3v) is 3.18. The highest BCUT2D eigenvalue weighted by Crippen LogP contribution is 2.20. The lowest BCUT2D eigenvalue weighted by molar-refractivity contribution is -0.121. The van der Waals surface area contributed by atoms with Gasteiger partial charge in [0.25, 0.3) is 0 Å². The highest BCUT2D eigenvalue weighted by Gasteiger charge is 2.10. The second kappa shape index (κ2) is 8.06. The van der Waals surface area contributed by atoms with Crippen molar-refractivity contribution in [1.82, 2.24) is 5.32 Å². The van der Waals surface area contributed by atoms with Gasteiger partial charge in [0.1, 0.15) is 0 Å². The minimum Gasteiger partial charge on any atom is -0.353 e. The van der Waals surface area contributed by atoms with Gasteiger partial charge in [0, 0.05) is 24.0 Å². The number of hydrogen-bond acceptors (Lipinski definition) is 2. The second-order valence-corrected chi connectivity index (χ2v) is 5.08. The first-order valence-corrected chi connectivity index (χ1v) is 6.80. The molecule has 0 aliphatic carbocycles. The molecule has 3 N–H and O–H groups in total. The summed E-state index contributed by atoms with van der Waals surface area (Å²) in [5.41, 5.74) is 6.48. The van der Waals surface area contributed by atoms with Crippen molar-refractivity contribution in [1.29, 1.82) is 0 Å². The van der Waals surface area contributed by atoms with Gasteiger partial charge in [0.15, 0.2) is 0 Å². The standard InChI is InChI=1S/C14H19BrN2O/c1-11(12-4-6-13(15)7-5-12)10-14(18)17-9-3-2-8-16/h2-7,11H,8-10,16H2,1H3,(H,17,18)/b3-2+. The number of rotatable bonds is 6. The van der Waals surface area contributed by atoms with Crippen LogP contribution in [0.3, 0.4) is 0 Å². The summed E-state index contributed by atoms with van der Waals surface area (Å²) in [4.78, 5) is 11.7. The smallest absolute Gasteiger partial charge is 0.220 e. The number of hydrogen-bond donors (Lipinski definition) is 2. The molecule has 0 saturated carbocycles. The fraction of sp³-hybridized carbons (Fsp3) is 0.357. The fourth-order valence-electron chi connectivity index (χ4n) is 1.61. The molecule has 1 aromatic rings. The normalized spacial score (nSPS) is 12.6. The number of halogens is 1. The molecule has 1 amide bonds. The molecule has 0 aliphatic rings. The number of carbonyl (C=O) groups is 1. The Morgan fingerprint density at radius 2 is 2.06 bits per heavy atom. The van der Waals surface area contributed by atoms with Crippen molar-refractivity contribution in [2.75, 3.05) is 13.1 Å². The first-order valence-electron chi connectivity index (χ1n) is 6.00. The van der Waals surface area contributed by atoms with Crippen molar-refractivity contribution in [3.63, 3.8) is 0 Å². The molecule has 3 nitrogen and oxygen atoms in total. The van der Waals surface area contributed by atoms with Crippen molar-refractivity contribution in [3.8, 4) is 0 Å². The van der Waals surface area contributed by atoms with Crippen molar-refractivity contribution in [2.45, 2.75) is 19.3 Å². The predicted molar refractivity (Wildman–Crippen MR) is 78.4 cm³/mol. The molecule has 0 fully saturated rings. The SMILES string of the molecule is CC(CC(=O)NC/C=C/CN)c1ccc(Br)cc1. The molecule has 0 bridgehead atoms. The molecule has 98 valence electrons. The van der Waals surface area contributed by atoms with Crippen LogP contribution in [0.5, 0.6) is 0 Å². The molecule has 18 heavy (non-hydrogen) atoms. The average molecular weight is 311 g/mol. The highest BCUT2D eigenvalue weighted by molar-refractivity contribution is 9.10. The molecule has 0 saturated heterocycles. The van der Waals surface area contributed by atoms with Crippen LogP contribution in [0.15, 0.2) is 40.9 Å². The molecule has 1 rings (SSSR count). The Balaban J connectivity index is 2.39. The van der Waals surface area contributed by atoms with E-state index in [2.05, 4.69) is 28.2 Å². The summed E-state index contributed by atoms with van der Waals surface area (Å²) in [5, 5.41) is 2.84. The van der Waals surface area contributed by atoms with Crippen LogP contribution in [0, 0.1) is 0 Å². The van der Waals surface area contributed by atoms with Crippen LogP contribution >= 0.6 is 15.9 Å². The van der Waals surface area contributed by atoms with Crippen LogP contribution in [0.4, 0.5) is 0 Å². The van der Waals surface area contributed by atoms with Crippen molar-refractivity contribution in [2.24, 2.45) is 5.73 Å². The van der Waals surface area contributed by atoms with Crippen molar-refractivity contribution >= 4 is 21.8 Å². The second-order valence-electron chi connectivity index (χ2n) is 4.17. The van der Waals surface area contributed by atoms with E-state index in [9.17, 15) is 4.79 Å². The minimum absolute atomic E-state index is 0.0621. The van der Waals surface area contributed by atoms with E-state index in [0.717, 1.165) is 4.47 Å². The molecule has 0 aliphatic heterocycles. The monoisotopic (exact) mass is 310 g/mol. The molecule has 0 radical (unpaired) electrons. The van der Waals surface area contributed by atoms with Gasteiger partial charge in [-0.3, -0.25) is 4.79 Å². The number of nitrogens with one attached hydrogen (secondary N) is 1. The largest absolute Gasteiger partial charge is 0.353 e. The summed E-state index contributed by atoms with van der Waals surface area (Å²) in [6, 6.07) is 8.06. The molecule has 1 atom stereocenters. The van der Waals surface area contributed by atoms with Gasteiger partial charge in [0.05, 0.1) is 0 Å². The summed E-state index contributed by atoms with van der Waals surface area (Å²) in [6.07, 6.45) is 4.19. The van der Waals surface area contributed by atoms with E-state index in [0.29, 0.717) is 19.5 Å². The molecular formula is C14H19BrN2O. The Morgan fingerprint density at radius 1 is 1.39 bits per heavy atom. The lowest BCUT2D eigenvalue weighted by Gasteiger charge is -2.11. The van der Waals surface area contributed by atoms with E-state index in [1.54, 1.807) is 0 Å². The summed E-state index contributed by atoms with van der Waals surface area (Å²) < 4.78 is 1.05. The third-order valence-electron chi connectivity index (χ3n) is 2.65. The zero-order chi connectivity index (χ0) is 13.4. The van der Waals surface area contributed by atoms with E-state index in [-0.39, 0.29) is 11.8 Å². The van der Waals surface area contributed by atoms with E-state index < -0.39 is 0 Å². The third kappa shape index (κ3) is 5.47. The lowest BCUT2D eigenvalue weighted by Crippen LogP contribution is -2.24. The molecule has 0 heterocycles. The molecule has 0 spiro atoms.